The standard InChI is InChI=1S/C13H13ClF2N2S/c1-6(2)12-11(19-13(17)18-12)5-8-9(14)3-7(15)4-10(8)16/h3-4,6H,5H2,1-2H3,(H2,17,18). The molecule has 2 aromatic rings. The van der Waals surface area contributed by atoms with Crippen molar-refractivity contribution in [3.8, 4) is 0 Å². The van der Waals surface area contributed by atoms with Gasteiger partial charge in [0.1, 0.15) is 11.6 Å². The molecule has 0 fully saturated rings. The van der Waals surface area contributed by atoms with Crippen LogP contribution in [0, 0.1) is 11.6 Å². The lowest BCUT2D eigenvalue weighted by molar-refractivity contribution is 0.575. The van der Waals surface area contributed by atoms with Gasteiger partial charge >= 0.3 is 0 Å². The van der Waals surface area contributed by atoms with Gasteiger partial charge in [-0.3, -0.25) is 0 Å². The number of hydrogen-bond donors (Lipinski definition) is 1. The number of nitrogen functional groups attached to an aromatic ring is 1. The van der Waals surface area contributed by atoms with Crippen LogP contribution in [0.3, 0.4) is 0 Å². The molecule has 0 aliphatic heterocycles. The Bertz CT molecular complexity index is 588. The summed E-state index contributed by atoms with van der Waals surface area (Å²) in [4.78, 5) is 5.10. The number of rotatable bonds is 3. The van der Waals surface area contributed by atoms with Crippen LogP contribution in [0.5, 0.6) is 0 Å². The fourth-order valence-electron chi connectivity index (χ4n) is 1.86. The zero-order valence-electron chi connectivity index (χ0n) is 10.5. The van der Waals surface area contributed by atoms with Gasteiger partial charge in [-0.05, 0) is 12.0 Å². The maximum Gasteiger partial charge on any atom is 0.180 e. The lowest BCUT2D eigenvalue weighted by atomic mass is 10.0. The maximum atomic E-state index is 13.8. The number of anilines is 1. The molecule has 2 rings (SSSR count). The number of nitrogens with zero attached hydrogens (tertiary/aromatic N) is 1. The van der Waals surface area contributed by atoms with Crippen molar-refractivity contribution in [2.24, 2.45) is 0 Å². The van der Waals surface area contributed by atoms with Crippen molar-refractivity contribution in [2.75, 3.05) is 5.73 Å². The van der Waals surface area contributed by atoms with Crippen molar-refractivity contribution >= 4 is 28.1 Å². The van der Waals surface area contributed by atoms with Crippen LogP contribution in [0.25, 0.3) is 0 Å². The molecule has 2 N–H and O–H groups in total. The number of aromatic nitrogens is 1. The summed E-state index contributed by atoms with van der Waals surface area (Å²) in [5.74, 6) is -1.14. The van der Waals surface area contributed by atoms with E-state index < -0.39 is 11.6 Å². The van der Waals surface area contributed by atoms with E-state index in [4.69, 9.17) is 17.3 Å². The van der Waals surface area contributed by atoms with E-state index in [2.05, 4.69) is 4.98 Å². The molecule has 0 spiro atoms. The van der Waals surface area contributed by atoms with Crippen LogP contribution in [0.15, 0.2) is 12.1 Å². The molecule has 6 heteroatoms. The van der Waals surface area contributed by atoms with Crippen LogP contribution >= 0.6 is 22.9 Å². The van der Waals surface area contributed by atoms with Crippen molar-refractivity contribution in [3.05, 3.63) is 44.9 Å². The van der Waals surface area contributed by atoms with Crippen molar-refractivity contribution in [1.29, 1.82) is 0 Å². The molecule has 2 nitrogen and oxygen atoms in total. The normalized spacial score (nSPS) is 11.3. The number of benzene rings is 1. The molecule has 0 unspecified atom stereocenters. The Morgan fingerprint density at radius 3 is 2.63 bits per heavy atom. The van der Waals surface area contributed by atoms with Crippen molar-refractivity contribution in [3.63, 3.8) is 0 Å². The minimum Gasteiger partial charge on any atom is -0.375 e. The van der Waals surface area contributed by atoms with E-state index in [0.717, 1.165) is 22.7 Å². The molecule has 1 aromatic carbocycles. The van der Waals surface area contributed by atoms with Gasteiger partial charge in [-0.25, -0.2) is 13.8 Å². The molecular weight excluding hydrogens is 290 g/mol. The molecule has 1 heterocycles. The van der Waals surface area contributed by atoms with Gasteiger partial charge < -0.3 is 5.73 Å². The fourth-order valence-corrected chi connectivity index (χ4v) is 3.12. The molecule has 0 saturated heterocycles. The molecule has 0 bridgehead atoms. The summed E-state index contributed by atoms with van der Waals surface area (Å²) in [5.41, 5.74) is 6.80. The predicted octanol–water partition coefficient (Wildman–Crippen LogP) is 4.37. The van der Waals surface area contributed by atoms with Crippen molar-refractivity contribution < 1.29 is 8.78 Å². The van der Waals surface area contributed by atoms with Gasteiger partial charge in [0.2, 0.25) is 0 Å². The number of thiazole rings is 1. The number of nitrogens with two attached hydrogens (primary N) is 1. The SMILES string of the molecule is CC(C)c1nc(N)sc1Cc1c(F)cc(F)cc1Cl. The van der Waals surface area contributed by atoms with Gasteiger partial charge in [0, 0.05) is 28.0 Å². The second kappa shape index (κ2) is 5.43. The Labute approximate surface area is 119 Å². The quantitative estimate of drug-likeness (QED) is 0.914. The summed E-state index contributed by atoms with van der Waals surface area (Å²) in [6.07, 6.45) is 0.271. The summed E-state index contributed by atoms with van der Waals surface area (Å²) in [6, 6.07) is 1.94. The highest BCUT2D eigenvalue weighted by atomic mass is 35.5. The highest BCUT2D eigenvalue weighted by molar-refractivity contribution is 7.15. The summed E-state index contributed by atoms with van der Waals surface area (Å²) in [7, 11) is 0. The molecule has 0 saturated carbocycles. The molecule has 0 aliphatic rings. The average Bonchev–Trinajstić information content (AvgIpc) is 2.65. The second-order valence-electron chi connectivity index (χ2n) is 4.54. The second-order valence-corrected chi connectivity index (χ2v) is 6.06. The first-order valence-corrected chi connectivity index (χ1v) is 6.96. The van der Waals surface area contributed by atoms with Crippen LogP contribution in [0.4, 0.5) is 13.9 Å². The Morgan fingerprint density at radius 1 is 1.37 bits per heavy atom. The van der Waals surface area contributed by atoms with Crippen LogP contribution in [0.1, 0.15) is 35.9 Å². The smallest absolute Gasteiger partial charge is 0.180 e. The summed E-state index contributed by atoms with van der Waals surface area (Å²) in [5, 5.41) is 0.525. The summed E-state index contributed by atoms with van der Waals surface area (Å²) >= 11 is 7.20. The predicted molar refractivity (Wildman–Crippen MR) is 74.8 cm³/mol. The topological polar surface area (TPSA) is 38.9 Å². The number of halogens is 3. The zero-order valence-corrected chi connectivity index (χ0v) is 12.1. The monoisotopic (exact) mass is 302 g/mol. The van der Waals surface area contributed by atoms with E-state index in [1.165, 1.54) is 11.3 Å². The Kier molecular flexibility index (Phi) is 4.06. The lowest BCUT2D eigenvalue weighted by Gasteiger charge is -2.08. The molecule has 0 radical (unpaired) electrons. The minimum atomic E-state index is -0.681. The van der Waals surface area contributed by atoms with E-state index in [0.29, 0.717) is 5.13 Å². The van der Waals surface area contributed by atoms with Crippen LogP contribution in [-0.4, -0.2) is 4.98 Å². The van der Waals surface area contributed by atoms with Crippen LogP contribution in [-0.2, 0) is 6.42 Å². The third-order valence-corrected chi connectivity index (χ3v) is 3.97. The first-order chi connectivity index (χ1) is 8.88. The van der Waals surface area contributed by atoms with Gasteiger partial charge in [-0.1, -0.05) is 25.4 Å². The summed E-state index contributed by atoms with van der Waals surface area (Å²) in [6.45, 7) is 3.97. The Morgan fingerprint density at radius 2 is 2.05 bits per heavy atom. The zero-order chi connectivity index (χ0) is 14.2. The van der Waals surface area contributed by atoms with Gasteiger partial charge in [-0.15, -0.1) is 11.3 Å². The van der Waals surface area contributed by atoms with E-state index in [1.54, 1.807) is 0 Å². The van der Waals surface area contributed by atoms with Gasteiger partial charge in [0.25, 0.3) is 0 Å². The van der Waals surface area contributed by atoms with E-state index in [9.17, 15) is 8.78 Å². The molecule has 102 valence electrons. The molecule has 1 aromatic heterocycles. The van der Waals surface area contributed by atoms with Crippen LogP contribution < -0.4 is 5.73 Å². The van der Waals surface area contributed by atoms with Crippen LogP contribution in [0.2, 0.25) is 5.02 Å². The largest absolute Gasteiger partial charge is 0.375 e. The van der Waals surface area contributed by atoms with Gasteiger partial charge in [-0.2, -0.15) is 0 Å². The fraction of sp³-hybridized carbons (Fsp3) is 0.308. The van der Waals surface area contributed by atoms with E-state index >= 15 is 0 Å². The number of hydrogen-bond acceptors (Lipinski definition) is 3. The van der Waals surface area contributed by atoms with E-state index in [1.807, 2.05) is 13.8 Å². The minimum absolute atomic E-state index is 0.0826. The van der Waals surface area contributed by atoms with E-state index in [-0.39, 0.29) is 22.9 Å². The Balaban J connectivity index is 2.42. The first kappa shape index (κ1) is 14.2. The average molecular weight is 303 g/mol. The molecule has 0 atom stereocenters. The molecule has 0 aliphatic carbocycles. The van der Waals surface area contributed by atoms with Gasteiger partial charge in [0.05, 0.1) is 5.69 Å². The first-order valence-electron chi connectivity index (χ1n) is 5.77. The summed E-state index contributed by atoms with van der Waals surface area (Å²) < 4.78 is 26.8. The lowest BCUT2D eigenvalue weighted by Crippen LogP contribution is -1.99. The third-order valence-electron chi connectivity index (χ3n) is 2.73. The molecular formula is C13H13ClF2N2S. The van der Waals surface area contributed by atoms with Crippen molar-refractivity contribution in [2.45, 2.75) is 26.2 Å². The molecule has 0 amide bonds. The van der Waals surface area contributed by atoms with Crippen molar-refractivity contribution in [1.82, 2.24) is 4.98 Å². The Hall–Kier alpha value is -1.20. The third kappa shape index (κ3) is 3.04. The highest BCUT2D eigenvalue weighted by Crippen LogP contribution is 2.31. The maximum absolute atomic E-state index is 13.8. The highest BCUT2D eigenvalue weighted by Gasteiger charge is 2.17. The molecule has 19 heavy (non-hydrogen) atoms. The van der Waals surface area contributed by atoms with Gasteiger partial charge in [0.15, 0.2) is 5.13 Å².